The van der Waals surface area contributed by atoms with E-state index < -0.39 is 5.97 Å². The fourth-order valence-electron chi connectivity index (χ4n) is 3.60. The summed E-state index contributed by atoms with van der Waals surface area (Å²) in [5.41, 5.74) is 2.57. The second-order valence-electron chi connectivity index (χ2n) is 7.55. The molecule has 0 radical (unpaired) electrons. The Morgan fingerprint density at radius 1 is 1.17 bits per heavy atom. The van der Waals surface area contributed by atoms with Gasteiger partial charge in [0.15, 0.2) is 0 Å². The normalized spacial score (nSPS) is 17.0. The molecule has 0 aromatic heterocycles. The van der Waals surface area contributed by atoms with E-state index in [0.717, 1.165) is 25.6 Å². The molecule has 1 N–H and O–H groups in total. The largest absolute Gasteiger partial charge is 0.462 e. The monoisotopic (exact) mass is 414 g/mol. The van der Waals surface area contributed by atoms with Gasteiger partial charge in [0.05, 0.1) is 22.9 Å². The zero-order valence-corrected chi connectivity index (χ0v) is 17.7. The molecule has 1 aliphatic rings. The maximum absolute atomic E-state index is 12.6. The second-order valence-corrected chi connectivity index (χ2v) is 7.96. The first-order chi connectivity index (χ1) is 14.0. The predicted molar refractivity (Wildman–Crippen MR) is 115 cm³/mol. The Kier molecular flexibility index (Phi) is 7.29. The zero-order chi connectivity index (χ0) is 20.8. The van der Waals surface area contributed by atoms with E-state index in [1.165, 1.54) is 24.5 Å². The lowest BCUT2D eigenvalue weighted by atomic mass is 9.99. The van der Waals surface area contributed by atoms with Gasteiger partial charge in [-0.3, -0.25) is 9.69 Å². The van der Waals surface area contributed by atoms with Crippen LogP contribution in [-0.2, 0) is 11.3 Å². The van der Waals surface area contributed by atoms with E-state index in [0.29, 0.717) is 28.4 Å². The summed E-state index contributed by atoms with van der Waals surface area (Å²) in [6.07, 6.45) is 2.55. The van der Waals surface area contributed by atoms with Gasteiger partial charge in [-0.1, -0.05) is 30.7 Å². The summed E-state index contributed by atoms with van der Waals surface area (Å²) < 4.78 is 4.96. The fourth-order valence-corrected chi connectivity index (χ4v) is 3.83. The lowest BCUT2D eigenvalue weighted by molar-refractivity contribution is 0.0526. The number of piperidine rings is 1. The third kappa shape index (κ3) is 5.81. The number of carbonyl (C=O) groups excluding carboxylic acids is 2. The molecule has 29 heavy (non-hydrogen) atoms. The van der Waals surface area contributed by atoms with Crippen LogP contribution in [0.4, 0.5) is 5.69 Å². The minimum atomic E-state index is -0.439. The molecule has 1 unspecified atom stereocenters. The molecule has 2 aromatic carbocycles. The van der Waals surface area contributed by atoms with Crippen LogP contribution in [0.25, 0.3) is 0 Å². The SMILES string of the molecule is CCOC(=O)c1ccc(NC(=O)c2ccc(CN3CCCC(C)C3)cc2)c(Cl)c1. The standard InChI is InChI=1S/C23H27ClN2O3/c1-3-29-23(28)19-10-11-21(20(24)13-19)25-22(27)18-8-6-17(7-9-18)15-26-12-4-5-16(2)14-26/h6-11,13,16H,3-5,12,14-15H2,1-2H3,(H,25,27). The summed E-state index contributed by atoms with van der Waals surface area (Å²) in [7, 11) is 0. The van der Waals surface area contributed by atoms with Crippen molar-refractivity contribution in [2.45, 2.75) is 33.2 Å². The third-order valence-electron chi connectivity index (χ3n) is 5.09. The average Bonchev–Trinajstić information content (AvgIpc) is 2.70. The van der Waals surface area contributed by atoms with Crippen molar-refractivity contribution >= 4 is 29.2 Å². The van der Waals surface area contributed by atoms with Crippen LogP contribution in [0.2, 0.25) is 5.02 Å². The van der Waals surface area contributed by atoms with Crippen LogP contribution in [-0.4, -0.2) is 36.5 Å². The summed E-state index contributed by atoms with van der Waals surface area (Å²) >= 11 is 6.22. The first-order valence-electron chi connectivity index (χ1n) is 10.1. The first-order valence-corrected chi connectivity index (χ1v) is 10.4. The Balaban J connectivity index is 1.61. The average molecular weight is 415 g/mol. The summed E-state index contributed by atoms with van der Waals surface area (Å²) in [4.78, 5) is 26.8. The molecule has 1 amide bonds. The number of anilines is 1. The smallest absolute Gasteiger partial charge is 0.338 e. The molecule has 1 heterocycles. The van der Waals surface area contributed by atoms with E-state index in [2.05, 4.69) is 17.1 Å². The van der Waals surface area contributed by atoms with Gasteiger partial charge in [0.25, 0.3) is 5.91 Å². The van der Waals surface area contributed by atoms with Crippen LogP contribution in [0.1, 0.15) is 53.0 Å². The van der Waals surface area contributed by atoms with E-state index in [1.807, 2.05) is 24.3 Å². The van der Waals surface area contributed by atoms with E-state index in [4.69, 9.17) is 16.3 Å². The van der Waals surface area contributed by atoms with Crippen LogP contribution in [0.15, 0.2) is 42.5 Å². The molecule has 1 saturated heterocycles. The Bertz CT molecular complexity index is 867. The van der Waals surface area contributed by atoms with Crippen molar-refractivity contribution in [3.8, 4) is 0 Å². The number of amides is 1. The van der Waals surface area contributed by atoms with Gasteiger partial charge in [-0.05, 0) is 68.1 Å². The van der Waals surface area contributed by atoms with Gasteiger partial charge in [0, 0.05) is 18.7 Å². The molecule has 1 fully saturated rings. The highest BCUT2D eigenvalue weighted by Gasteiger charge is 2.17. The number of benzene rings is 2. The summed E-state index contributed by atoms with van der Waals surface area (Å²) in [6, 6.07) is 12.4. The predicted octanol–water partition coefficient (Wildman–Crippen LogP) is 5.00. The minimum Gasteiger partial charge on any atom is -0.462 e. The number of esters is 1. The second kappa shape index (κ2) is 9.90. The van der Waals surface area contributed by atoms with Crippen molar-refractivity contribution < 1.29 is 14.3 Å². The molecule has 1 aliphatic heterocycles. The number of likely N-dealkylation sites (tertiary alicyclic amines) is 1. The molecule has 1 atom stereocenters. The van der Waals surface area contributed by atoms with Crippen LogP contribution >= 0.6 is 11.6 Å². The molecule has 5 nitrogen and oxygen atoms in total. The lowest BCUT2D eigenvalue weighted by Crippen LogP contribution is -2.33. The Labute approximate surface area is 177 Å². The van der Waals surface area contributed by atoms with Crippen molar-refractivity contribution in [1.29, 1.82) is 0 Å². The lowest BCUT2D eigenvalue weighted by Gasteiger charge is -2.30. The van der Waals surface area contributed by atoms with Crippen molar-refractivity contribution in [3.05, 3.63) is 64.2 Å². The van der Waals surface area contributed by atoms with Crippen LogP contribution in [0.3, 0.4) is 0 Å². The molecular formula is C23H27ClN2O3. The minimum absolute atomic E-state index is 0.242. The van der Waals surface area contributed by atoms with Gasteiger partial charge < -0.3 is 10.1 Å². The fraction of sp³-hybridized carbons (Fsp3) is 0.391. The highest BCUT2D eigenvalue weighted by Crippen LogP contribution is 2.24. The summed E-state index contributed by atoms with van der Waals surface area (Å²) in [5, 5.41) is 3.09. The van der Waals surface area contributed by atoms with Gasteiger partial charge >= 0.3 is 5.97 Å². The molecule has 6 heteroatoms. The quantitative estimate of drug-likeness (QED) is 0.675. The van der Waals surface area contributed by atoms with Crippen LogP contribution in [0, 0.1) is 5.92 Å². The number of nitrogens with one attached hydrogen (secondary N) is 1. The van der Waals surface area contributed by atoms with E-state index in [-0.39, 0.29) is 5.91 Å². The Hall–Kier alpha value is -2.37. The summed E-state index contributed by atoms with van der Waals surface area (Å²) in [6.45, 7) is 7.50. The van der Waals surface area contributed by atoms with E-state index in [1.54, 1.807) is 19.1 Å². The molecule has 0 saturated carbocycles. The van der Waals surface area contributed by atoms with Gasteiger partial charge in [-0.25, -0.2) is 4.79 Å². The molecule has 2 aromatic rings. The first kappa shape index (κ1) is 21.3. The Morgan fingerprint density at radius 2 is 1.90 bits per heavy atom. The number of halogens is 1. The Morgan fingerprint density at radius 3 is 2.55 bits per heavy atom. The number of hydrogen-bond donors (Lipinski definition) is 1. The molecule has 0 spiro atoms. The van der Waals surface area contributed by atoms with Crippen molar-refractivity contribution in [1.82, 2.24) is 4.90 Å². The van der Waals surface area contributed by atoms with Gasteiger partial charge in [0.2, 0.25) is 0 Å². The number of hydrogen-bond acceptors (Lipinski definition) is 4. The van der Waals surface area contributed by atoms with E-state index >= 15 is 0 Å². The topological polar surface area (TPSA) is 58.6 Å². The molecule has 0 aliphatic carbocycles. The maximum atomic E-state index is 12.6. The maximum Gasteiger partial charge on any atom is 0.338 e. The summed E-state index contributed by atoms with van der Waals surface area (Å²) in [5.74, 6) is 0.0636. The molecule has 154 valence electrons. The number of nitrogens with zero attached hydrogens (tertiary/aromatic N) is 1. The molecule has 0 bridgehead atoms. The van der Waals surface area contributed by atoms with Crippen LogP contribution in [0.5, 0.6) is 0 Å². The van der Waals surface area contributed by atoms with Crippen LogP contribution < -0.4 is 5.32 Å². The van der Waals surface area contributed by atoms with Crippen molar-refractivity contribution in [3.63, 3.8) is 0 Å². The highest BCUT2D eigenvalue weighted by molar-refractivity contribution is 6.34. The highest BCUT2D eigenvalue weighted by atomic mass is 35.5. The zero-order valence-electron chi connectivity index (χ0n) is 16.9. The molecule has 3 rings (SSSR count). The number of carbonyl (C=O) groups is 2. The third-order valence-corrected chi connectivity index (χ3v) is 5.40. The van der Waals surface area contributed by atoms with Gasteiger partial charge in [-0.15, -0.1) is 0 Å². The van der Waals surface area contributed by atoms with Crippen molar-refractivity contribution in [2.75, 3.05) is 25.0 Å². The van der Waals surface area contributed by atoms with Crippen molar-refractivity contribution in [2.24, 2.45) is 5.92 Å². The van der Waals surface area contributed by atoms with Gasteiger partial charge in [0.1, 0.15) is 0 Å². The molecular weight excluding hydrogens is 388 g/mol. The number of ether oxygens (including phenoxy) is 1. The van der Waals surface area contributed by atoms with Gasteiger partial charge in [-0.2, -0.15) is 0 Å². The number of rotatable bonds is 6. The van der Waals surface area contributed by atoms with E-state index in [9.17, 15) is 9.59 Å².